The number of fused-ring (bicyclic) bond motifs is 2. The van der Waals surface area contributed by atoms with Gasteiger partial charge in [-0.2, -0.15) is 0 Å². The first-order valence-electron chi connectivity index (χ1n) is 15.7. The Kier molecular flexibility index (Phi) is 6.51. The van der Waals surface area contributed by atoms with Gasteiger partial charge >= 0.3 is 7.12 Å². The van der Waals surface area contributed by atoms with Crippen molar-refractivity contribution in [1.82, 2.24) is 29.2 Å². The molecular formula is C36H35BN6O2. The van der Waals surface area contributed by atoms with Crippen LogP contribution in [-0.2, 0) is 9.31 Å². The van der Waals surface area contributed by atoms with Crippen molar-refractivity contribution < 1.29 is 9.31 Å². The van der Waals surface area contributed by atoms with Gasteiger partial charge in [-0.05, 0) is 106 Å². The summed E-state index contributed by atoms with van der Waals surface area (Å²) in [5.74, 6) is 1.23. The minimum absolute atomic E-state index is 0.478. The number of pyridine rings is 2. The van der Waals surface area contributed by atoms with E-state index in [-0.39, 0.29) is 0 Å². The highest BCUT2D eigenvalue weighted by molar-refractivity contribution is 6.62. The van der Waals surface area contributed by atoms with Crippen molar-refractivity contribution in [1.29, 1.82) is 0 Å². The lowest BCUT2D eigenvalue weighted by atomic mass is 9.77. The molecule has 0 atom stereocenters. The summed E-state index contributed by atoms with van der Waals surface area (Å²) in [7, 11) is -0.558. The molecule has 6 aromatic rings. The molecule has 2 aliphatic rings. The third kappa shape index (κ3) is 5.06. The molecule has 1 saturated heterocycles. The summed E-state index contributed by atoms with van der Waals surface area (Å²) in [6.45, 7) is 8.26. The maximum absolute atomic E-state index is 6.48. The van der Waals surface area contributed by atoms with Gasteiger partial charge in [0, 0.05) is 29.1 Å². The highest BCUT2D eigenvalue weighted by Crippen LogP contribution is 2.37. The first-order valence-corrected chi connectivity index (χ1v) is 15.7. The van der Waals surface area contributed by atoms with Gasteiger partial charge in [0.2, 0.25) is 0 Å². The number of aromatic nitrogens is 6. The second kappa shape index (κ2) is 10.5. The highest BCUT2D eigenvalue weighted by atomic mass is 16.7. The van der Waals surface area contributed by atoms with E-state index in [0.29, 0.717) is 11.6 Å². The van der Waals surface area contributed by atoms with E-state index in [0.717, 1.165) is 51.9 Å². The van der Waals surface area contributed by atoms with Crippen LogP contribution in [0.1, 0.15) is 58.9 Å². The first kappa shape index (κ1) is 27.9. The van der Waals surface area contributed by atoms with Crippen molar-refractivity contribution in [2.75, 3.05) is 0 Å². The van der Waals surface area contributed by atoms with Crippen molar-refractivity contribution >= 4 is 29.4 Å². The van der Waals surface area contributed by atoms with Gasteiger partial charge in [0.1, 0.15) is 0 Å². The molecule has 45 heavy (non-hydrogen) atoms. The van der Waals surface area contributed by atoms with Crippen LogP contribution in [0.2, 0.25) is 0 Å². The normalized spacial score (nSPS) is 17.7. The largest absolute Gasteiger partial charge is 0.494 e. The maximum Gasteiger partial charge on any atom is 0.494 e. The Balaban J connectivity index is 1.23. The van der Waals surface area contributed by atoms with Crippen molar-refractivity contribution in [3.8, 4) is 33.9 Å². The molecule has 0 bridgehead atoms. The monoisotopic (exact) mass is 594 g/mol. The van der Waals surface area contributed by atoms with E-state index >= 15 is 0 Å². The van der Waals surface area contributed by atoms with Crippen molar-refractivity contribution in [2.24, 2.45) is 0 Å². The summed E-state index contributed by atoms with van der Waals surface area (Å²) >= 11 is 0. The fourth-order valence-corrected chi connectivity index (χ4v) is 6.13. The number of benzene rings is 2. The number of hydrogen-bond acceptors (Lipinski definition) is 6. The van der Waals surface area contributed by atoms with Crippen molar-refractivity contribution in [3.05, 3.63) is 96.8 Å². The molecule has 5 heterocycles. The fraction of sp³-hybridized carbons (Fsp3) is 0.278. The fourth-order valence-electron chi connectivity index (χ4n) is 6.13. The molecule has 0 spiro atoms. The predicted octanol–water partition coefficient (Wildman–Crippen LogP) is 7.03. The Bertz CT molecular complexity index is 2080. The summed E-state index contributed by atoms with van der Waals surface area (Å²) in [6.07, 6.45) is 11.2. The second-order valence-corrected chi connectivity index (χ2v) is 13.1. The first-order chi connectivity index (χ1) is 21.7. The standard InChI is InChI=1S/C36H35BN6O2/c1-35(2)36(3,4)45-37(44-35)30-20-28(33-38-31-17-15-26(22-42(31)40-33)24-11-7-5-8-12-24)19-29(21-30)34-39-32-18-16-27(23-43(32)41-34)25-13-9-6-10-14-25/h5,7-8,11-13,15-23H,6,9-10,14H2,1-4H3. The lowest BCUT2D eigenvalue weighted by Crippen LogP contribution is -2.41. The molecule has 0 saturated carbocycles. The number of allylic oxidation sites excluding steroid dienone is 2. The molecule has 0 N–H and O–H groups in total. The van der Waals surface area contributed by atoms with Gasteiger partial charge in [-0.15, -0.1) is 10.2 Å². The van der Waals surface area contributed by atoms with E-state index in [1.54, 1.807) is 0 Å². The van der Waals surface area contributed by atoms with E-state index in [1.165, 1.54) is 24.0 Å². The van der Waals surface area contributed by atoms with Crippen LogP contribution >= 0.6 is 0 Å². The van der Waals surface area contributed by atoms with Gasteiger partial charge in [-0.25, -0.2) is 19.0 Å². The summed E-state index contributed by atoms with van der Waals surface area (Å²) < 4.78 is 16.7. The zero-order valence-electron chi connectivity index (χ0n) is 26.1. The summed E-state index contributed by atoms with van der Waals surface area (Å²) in [5.41, 5.74) is 7.96. The van der Waals surface area contributed by atoms with Gasteiger partial charge in [0.15, 0.2) is 22.9 Å². The van der Waals surface area contributed by atoms with E-state index in [1.807, 2.05) is 45.6 Å². The highest BCUT2D eigenvalue weighted by Gasteiger charge is 2.51. The number of rotatable bonds is 5. The number of hydrogen-bond donors (Lipinski definition) is 0. The Labute approximate surface area is 262 Å². The topological polar surface area (TPSA) is 78.8 Å². The van der Waals surface area contributed by atoms with Crippen LogP contribution in [-0.4, -0.2) is 47.5 Å². The maximum atomic E-state index is 6.48. The van der Waals surface area contributed by atoms with Crippen LogP contribution in [0, 0.1) is 0 Å². The van der Waals surface area contributed by atoms with Gasteiger partial charge in [-0.3, -0.25) is 0 Å². The average molecular weight is 595 g/mol. The van der Waals surface area contributed by atoms with E-state index in [4.69, 9.17) is 29.5 Å². The van der Waals surface area contributed by atoms with Gasteiger partial charge < -0.3 is 9.31 Å². The molecule has 1 fully saturated rings. The molecular weight excluding hydrogens is 559 g/mol. The summed E-state index contributed by atoms with van der Waals surface area (Å²) in [6, 6.07) is 24.7. The molecule has 2 aromatic carbocycles. The van der Waals surface area contributed by atoms with E-state index in [2.05, 4.69) is 82.4 Å². The molecule has 9 heteroatoms. The zero-order chi connectivity index (χ0) is 30.8. The van der Waals surface area contributed by atoms with E-state index < -0.39 is 18.3 Å². The van der Waals surface area contributed by atoms with Crippen LogP contribution < -0.4 is 5.46 Å². The molecule has 1 aliphatic carbocycles. The van der Waals surface area contributed by atoms with Crippen LogP contribution in [0.5, 0.6) is 0 Å². The average Bonchev–Trinajstić information content (AvgIpc) is 3.74. The summed E-state index contributed by atoms with van der Waals surface area (Å²) in [4.78, 5) is 9.82. The predicted molar refractivity (Wildman–Crippen MR) is 178 cm³/mol. The van der Waals surface area contributed by atoms with Crippen molar-refractivity contribution in [3.63, 3.8) is 0 Å². The van der Waals surface area contributed by atoms with Gasteiger partial charge in [-0.1, -0.05) is 48.5 Å². The molecule has 224 valence electrons. The Hall–Kier alpha value is -4.60. The molecule has 8 nitrogen and oxygen atoms in total. The van der Waals surface area contributed by atoms with Gasteiger partial charge in [0.25, 0.3) is 0 Å². The third-order valence-electron chi connectivity index (χ3n) is 9.43. The van der Waals surface area contributed by atoms with E-state index in [9.17, 15) is 0 Å². The van der Waals surface area contributed by atoms with Crippen LogP contribution in [0.4, 0.5) is 0 Å². The van der Waals surface area contributed by atoms with Crippen LogP contribution in [0.25, 0.3) is 50.8 Å². The minimum atomic E-state index is -0.558. The number of nitrogens with zero attached hydrogens (tertiary/aromatic N) is 6. The molecule has 0 amide bonds. The quantitative estimate of drug-likeness (QED) is 0.200. The molecule has 4 aromatic heterocycles. The molecule has 0 unspecified atom stereocenters. The third-order valence-corrected chi connectivity index (χ3v) is 9.43. The summed E-state index contributed by atoms with van der Waals surface area (Å²) in [5, 5.41) is 9.84. The Morgan fingerprint density at radius 2 is 1.24 bits per heavy atom. The molecule has 1 aliphatic heterocycles. The minimum Gasteiger partial charge on any atom is -0.399 e. The molecule has 8 rings (SSSR count). The zero-order valence-corrected chi connectivity index (χ0v) is 26.1. The lowest BCUT2D eigenvalue weighted by molar-refractivity contribution is 0.00578. The van der Waals surface area contributed by atoms with Crippen LogP contribution in [0.15, 0.2) is 91.3 Å². The Morgan fingerprint density at radius 3 is 1.84 bits per heavy atom. The SMILES string of the molecule is CC1(C)OB(c2cc(-c3nc4ccc(C5=CCCCC5)cn4n3)cc(-c3nc4ccc(-c5ccccc5)cn4n3)c2)OC1(C)C. The Morgan fingerprint density at radius 1 is 0.644 bits per heavy atom. The smallest absolute Gasteiger partial charge is 0.399 e. The van der Waals surface area contributed by atoms with Crippen LogP contribution in [0.3, 0.4) is 0 Å². The van der Waals surface area contributed by atoms with Crippen molar-refractivity contribution in [2.45, 2.75) is 64.6 Å². The van der Waals surface area contributed by atoms with Gasteiger partial charge in [0.05, 0.1) is 11.2 Å². The molecule has 0 radical (unpaired) electrons. The second-order valence-electron chi connectivity index (χ2n) is 13.1. The lowest BCUT2D eigenvalue weighted by Gasteiger charge is -2.32.